The minimum Gasteiger partial charge on any atom is -0.358 e. The highest BCUT2D eigenvalue weighted by Gasteiger charge is 2.51. The van der Waals surface area contributed by atoms with Crippen LogP contribution in [0.2, 0.25) is 0 Å². The third kappa shape index (κ3) is 3.05. The average molecular weight is 392 g/mol. The van der Waals surface area contributed by atoms with Crippen molar-refractivity contribution in [2.24, 2.45) is 11.8 Å². The number of aromatic amines is 1. The van der Waals surface area contributed by atoms with Crippen LogP contribution in [0.3, 0.4) is 0 Å². The van der Waals surface area contributed by atoms with E-state index in [1.165, 1.54) is 12.1 Å². The van der Waals surface area contributed by atoms with E-state index in [1.54, 1.807) is 18.0 Å². The molecule has 1 amide bonds. The molecule has 0 bridgehead atoms. The number of nitrogens with one attached hydrogen (secondary N) is 1. The Morgan fingerprint density at radius 2 is 1.76 bits per heavy atom. The Balaban J connectivity index is 1.92. The number of hydrogen-bond donors (Lipinski definition) is 1. The molecule has 1 aromatic heterocycles. The molecule has 3 aromatic rings. The highest BCUT2D eigenvalue weighted by Crippen LogP contribution is 2.41. The summed E-state index contributed by atoms with van der Waals surface area (Å²) in [5.41, 5.74) is 3.35. The standard InChI is InChI=1S/C24H25FN2O2/c1-13(2)22-23(28)20(24(29)27(22)4)19(15-8-6-5-7-9-15)21-14(3)17-12-16(25)10-11-18(17)26-21/h5-13,19-20,22,26H,1-4H3. The van der Waals surface area contributed by atoms with Crippen molar-refractivity contribution < 1.29 is 14.0 Å². The Hall–Kier alpha value is -2.95. The second kappa shape index (κ2) is 7.14. The molecule has 4 rings (SSSR count). The Morgan fingerprint density at radius 3 is 2.38 bits per heavy atom. The quantitative estimate of drug-likeness (QED) is 0.668. The van der Waals surface area contributed by atoms with Crippen LogP contribution >= 0.6 is 0 Å². The van der Waals surface area contributed by atoms with Crippen molar-refractivity contribution in [3.05, 3.63) is 71.2 Å². The zero-order valence-corrected chi connectivity index (χ0v) is 17.1. The van der Waals surface area contributed by atoms with Crippen LogP contribution < -0.4 is 0 Å². The van der Waals surface area contributed by atoms with Crippen molar-refractivity contribution in [1.29, 1.82) is 0 Å². The molecule has 1 fully saturated rings. The lowest BCUT2D eigenvalue weighted by Gasteiger charge is -2.22. The smallest absolute Gasteiger partial charge is 0.234 e. The largest absolute Gasteiger partial charge is 0.358 e. The lowest BCUT2D eigenvalue weighted by Crippen LogP contribution is -2.36. The number of aryl methyl sites for hydroxylation is 1. The van der Waals surface area contributed by atoms with Crippen molar-refractivity contribution >= 4 is 22.6 Å². The van der Waals surface area contributed by atoms with Crippen molar-refractivity contribution in [2.45, 2.75) is 32.7 Å². The number of carbonyl (C=O) groups excluding carboxylic acids is 2. The van der Waals surface area contributed by atoms with Gasteiger partial charge in [0.05, 0.1) is 6.04 Å². The van der Waals surface area contributed by atoms with E-state index < -0.39 is 17.9 Å². The number of hydrogen-bond acceptors (Lipinski definition) is 2. The maximum absolute atomic E-state index is 13.8. The van der Waals surface area contributed by atoms with Gasteiger partial charge in [0.15, 0.2) is 5.78 Å². The normalized spacial score (nSPS) is 20.8. The molecular formula is C24H25FN2O2. The summed E-state index contributed by atoms with van der Waals surface area (Å²) < 4.78 is 13.8. The third-order valence-corrected chi connectivity index (χ3v) is 6.12. The van der Waals surface area contributed by atoms with E-state index in [1.807, 2.05) is 51.1 Å². The number of Topliss-reactive ketones (excluding diaryl/α,β-unsaturated/α-hetero) is 1. The lowest BCUT2D eigenvalue weighted by atomic mass is 9.79. The fourth-order valence-corrected chi connectivity index (χ4v) is 4.75. The summed E-state index contributed by atoms with van der Waals surface area (Å²) in [5, 5.41) is 0.771. The Morgan fingerprint density at radius 1 is 1.07 bits per heavy atom. The fourth-order valence-electron chi connectivity index (χ4n) is 4.75. The second-order valence-electron chi connectivity index (χ2n) is 8.26. The summed E-state index contributed by atoms with van der Waals surface area (Å²) in [4.78, 5) is 31.6. The number of nitrogens with zero attached hydrogens (tertiary/aromatic N) is 1. The first-order valence-corrected chi connectivity index (χ1v) is 9.94. The number of carbonyl (C=O) groups is 2. The highest BCUT2D eigenvalue weighted by atomic mass is 19.1. The number of benzene rings is 2. The molecule has 2 heterocycles. The molecule has 0 radical (unpaired) electrons. The molecule has 150 valence electrons. The molecule has 3 unspecified atom stereocenters. The number of aromatic nitrogens is 1. The Labute approximate surface area is 169 Å². The predicted molar refractivity (Wildman–Crippen MR) is 111 cm³/mol. The third-order valence-electron chi connectivity index (χ3n) is 6.12. The number of halogens is 1. The van der Waals surface area contributed by atoms with Crippen LogP contribution in [0.1, 0.15) is 36.6 Å². The minimum absolute atomic E-state index is 0.0378. The lowest BCUT2D eigenvalue weighted by molar-refractivity contribution is -0.132. The van der Waals surface area contributed by atoms with Gasteiger partial charge in [-0.05, 0) is 42.2 Å². The first-order valence-electron chi connectivity index (χ1n) is 9.94. The predicted octanol–water partition coefficient (Wildman–Crippen LogP) is 4.43. The maximum Gasteiger partial charge on any atom is 0.234 e. The summed E-state index contributed by atoms with van der Waals surface area (Å²) in [6.07, 6.45) is 0. The first-order chi connectivity index (χ1) is 13.8. The van der Waals surface area contributed by atoms with Crippen LogP contribution in [0.5, 0.6) is 0 Å². The monoisotopic (exact) mass is 392 g/mol. The minimum atomic E-state index is -0.800. The van der Waals surface area contributed by atoms with Gasteiger partial charge in [-0.15, -0.1) is 0 Å². The van der Waals surface area contributed by atoms with E-state index in [-0.39, 0.29) is 23.4 Å². The Kier molecular flexibility index (Phi) is 4.77. The number of H-pyrrole nitrogens is 1. The molecule has 5 heteroatoms. The molecule has 1 aliphatic heterocycles. The summed E-state index contributed by atoms with van der Waals surface area (Å²) in [6.45, 7) is 5.84. The van der Waals surface area contributed by atoms with E-state index in [0.29, 0.717) is 0 Å². The first kappa shape index (κ1) is 19.4. The van der Waals surface area contributed by atoms with Gasteiger partial charge in [0.2, 0.25) is 5.91 Å². The summed E-state index contributed by atoms with van der Waals surface area (Å²) in [6, 6.07) is 13.8. The van der Waals surface area contributed by atoms with Gasteiger partial charge in [-0.1, -0.05) is 44.2 Å². The molecule has 3 atom stereocenters. The van der Waals surface area contributed by atoms with Gasteiger partial charge in [0.1, 0.15) is 11.7 Å². The van der Waals surface area contributed by atoms with Gasteiger partial charge in [0.25, 0.3) is 0 Å². The van der Waals surface area contributed by atoms with Gasteiger partial charge in [-0.25, -0.2) is 4.39 Å². The average Bonchev–Trinajstić information content (AvgIpc) is 3.12. The van der Waals surface area contributed by atoms with Crippen LogP contribution in [-0.4, -0.2) is 34.7 Å². The van der Waals surface area contributed by atoms with Crippen molar-refractivity contribution in [1.82, 2.24) is 9.88 Å². The number of amides is 1. The molecule has 0 aliphatic carbocycles. The van der Waals surface area contributed by atoms with Gasteiger partial charge in [-0.2, -0.15) is 0 Å². The summed E-state index contributed by atoms with van der Waals surface area (Å²) in [5.74, 6) is -1.73. The Bertz CT molecular complexity index is 1090. The summed E-state index contributed by atoms with van der Waals surface area (Å²) >= 11 is 0. The van der Waals surface area contributed by atoms with E-state index in [0.717, 1.165) is 27.7 Å². The number of ketones is 1. The second-order valence-corrected chi connectivity index (χ2v) is 8.26. The van der Waals surface area contributed by atoms with Gasteiger partial charge in [0, 0.05) is 29.6 Å². The maximum atomic E-state index is 13.8. The van der Waals surface area contributed by atoms with Gasteiger partial charge >= 0.3 is 0 Å². The number of fused-ring (bicyclic) bond motifs is 1. The SMILES string of the molecule is Cc1c(C(c2ccccc2)C2C(=O)C(C(C)C)N(C)C2=O)[nH]c2ccc(F)cc12. The van der Waals surface area contributed by atoms with Crippen molar-refractivity contribution in [2.75, 3.05) is 7.05 Å². The van der Waals surface area contributed by atoms with Crippen LogP contribution in [0.15, 0.2) is 48.5 Å². The van der Waals surface area contributed by atoms with Crippen molar-refractivity contribution in [3.8, 4) is 0 Å². The molecule has 29 heavy (non-hydrogen) atoms. The van der Waals surface area contributed by atoms with E-state index >= 15 is 0 Å². The van der Waals surface area contributed by atoms with Crippen LogP contribution in [-0.2, 0) is 9.59 Å². The number of rotatable bonds is 4. The van der Waals surface area contributed by atoms with Crippen LogP contribution in [0, 0.1) is 24.6 Å². The zero-order valence-electron chi connectivity index (χ0n) is 17.1. The van der Waals surface area contributed by atoms with Crippen LogP contribution in [0.25, 0.3) is 10.9 Å². The van der Waals surface area contributed by atoms with Gasteiger partial charge < -0.3 is 9.88 Å². The van der Waals surface area contributed by atoms with E-state index in [2.05, 4.69) is 4.98 Å². The van der Waals surface area contributed by atoms with E-state index in [4.69, 9.17) is 0 Å². The molecule has 4 nitrogen and oxygen atoms in total. The van der Waals surface area contributed by atoms with Crippen LogP contribution in [0.4, 0.5) is 4.39 Å². The topological polar surface area (TPSA) is 53.2 Å². The summed E-state index contributed by atoms with van der Waals surface area (Å²) in [7, 11) is 1.71. The zero-order chi connectivity index (χ0) is 20.9. The highest BCUT2D eigenvalue weighted by molar-refractivity contribution is 6.11. The molecule has 1 N–H and O–H groups in total. The molecule has 2 aromatic carbocycles. The van der Waals surface area contributed by atoms with Crippen molar-refractivity contribution in [3.63, 3.8) is 0 Å². The number of likely N-dealkylation sites (tertiary alicyclic amines) is 1. The number of likely N-dealkylation sites (N-methyl/N-ethyl adjacent to an activating group) is 1. The molecule has 1 aliphatic rings. The molecule has 0 spiro atoms. The van der Waals surface area contributed by atoms with E-state index in [9.17, 15) is 14.0 Å². The molecule has 0 saturated carbocycles. The molecular weight excluding hydrogens is 367 g/mol. The molecule has 1 saturated heterocycles. The fraction of sp³-hybridized carbons (Fsp3) is 0.333. The van der Waals surface area contributed by atoms with Gasteiger partial charge in [-0.3, -0.25) is 9.59 Å².